The van der Waals surface area contributed by atoms with Crippen molar-refractivity contribution in [3.8, 4) is 17.3 Å². The van der Waals surface area contributed by atoms with Crippen LogP contribution in [-0.4, -0.2) is 15.6 Å². The summed E-state index contributed by atoms with van der Waals surface area (Å²) < 4.78 is 13.6. The fourth-order valence-electron chi connectivity index (χ4n) is 11.9. The number of pyridine rings is 1. The maximum Gasteiger partial charge on any atom is 2.00 e. The summed E-state index contributed by atoms with van der Waals surface area (Å²) in [6.07, 6.45) is 10.1. The van der Waals surface area contributed by atoms with Crippen LogP contribution in [0.1, 0.15) is 123 Å². The number of benzene rings is 5. The molecular weight excluding hydrogens is 964 g/mol. The molecule has 326 valence electrons. The molecule has 0 radical (unpaired) electrons. The normalized spacial score (nSPS) is 21.5. The maximum absolute atomic E-state index is 6.73. The molecule has 4 bridgehead atoms. The monoisotopic (exact) mass is 1020 g/mol. The van der Waals surface area contributed by atoms with Crippen molar-refractivity contribution < 1.29 is 25.8 Å². The first-order valence-electron chi connectivity index (χ1n) is 23.3. The van der Waals surface area contributed by atoms with Gasteiger partial charge in [0.15, 0.2) is 0 Å². The largest absolute Gasteiger partial charge is 2.00 e. The van der Waals surface area contributed by atoms with Crippen LogP contribution in [0.2, 0.25) is 0 Å². The standard InChI is InChI=1S/C58H60N4O.Pt/c1-55(2,3)40-22-23-59-53(30-40)62-50-18-11-10-16-47(50)48-21-20-46(32-52(48)62)63-45-15-12-14-43(31-45)60-36-61(44-28-41(56(4,5)6)27-42(29-44)57(7,8)9)54-49(17-13-19-51(54)60)58-33-37-24-38(34-58)26-39(25-37)35-58;/h10-23,27-30,37-39H,24-26,33-35H2,1-9H3;/q;+2. The summed E-state index contributed by atoms with van der Waals surface area (Å²) in [7, 11) is 0. The van der Waals surface area contributed by atoms with Gasteiger partial charge in [-0.1, -0.05) is 121 Å². The Morgan fingerprint density at radius 3 is 1.95 bits per heavy atom. The van der Waals surface area contributed by atoms with Crippen molar-refractivity contribution in [2.24, 2.45) is 17.8 Å². The molecule has 64 heavy (non-hydrogen) atoms. The molecule has 5 aliphatic rings. The second-order valence-corrected chi connectivity index (χ2v) is 22.5. The number of hydrogen-bond donors (Lipinski definition) is 0. The van der Waals surface area contributed by atoms with E-state index in [2.05, 4.69) is 185 Å². The van der Waals surface area contributed by atoms with Crippen molar-refractivity contribution in [1.29, 1.82) is 0 Å². The van der Waals surface area contributed by atoms with Crippen molar-refractivity contribution in [3.63, 3.8) is 0 Å². The van der Waals surface area contributed by atoms with Gasteiger partial charge >= 0.3 is 32.8 Å². The van der Waals surface area contributed by atoms with Crippen LogP contribution in [0.15, 0.2) is 109 Å². The van der Waals surface area contributed by atoms with E-state index in [9.17, 15) is 0 Å². The average molecular weight is 1020 g/mol. The Hall–Kier alpha value is -5.08. The zero-order valence-corrected chi connectivity index (χ0v) is 41.2. The van der Waals surface area contributed by atoms with E-state index in [-0.39, 0.29) is 42.7 Å². The van der Waals surface area contributed by atoms with Crippen LogP contribution in [0.5, 0.6) is 11.5 Å². The second-order valence-electron chi connectivity index (χ2n) is 22.5. The van der Waals surface area contributed by atoms with Crippen molar-refractivity contribution in [2.45, 2.75) is 122 Å². The Labute approximate surface area is 394 Å². The molecule has 6 heteroatoms. The molecule has 0 atom stereocenters. The van der Waals surface area contributed by atoms with E-state index in [1.54, 1.807) is 0 Å². The quantitative estimate of drug-likeness (QED) is 0.123. The fraction of sp³-hybridized carbons (Fsp3) is 0.379. The topological polar surface area (TPSA) is 33.1 Å². The van der Waals surface area contributed by atoms with Gasteiger partial charge in [-0.05, 0) is 117 Å². The van der Waals surface area contributed by atoms with Crippen molar-refractivity contribution in [2.75, 3.05) is 0 Å². The van der Waals surface area contributed by atoms with E-state index in [0.717, 1.165) is 56.8 Å². The third-order valence-electron chi connectivity index (χ3n) is 14.8. The van der Waals surface area contributed by atoms with Gasteiger partial charge in [0.25, 0.3) is 5.69 Å². The van der Waals surface area contributed by atoms with E-state index >= 15 is 0 Å². The fourth-order valence-corrected chi connectivity index (χ4v) is 11.9. The number of para-hydroxylation sites is 2. The van der Waals surface area contributed by atoms with Crippen LogP contribution < -0.4 is 13.9 Å². The predicted octanol–water partition coefficient (Wildman–Crippen LogP) is 14.8. The summed E-state index contributed by atoms with van der Waals surface area (Å²) in [6, 6.07) is 48.8. The van der Waals surface area contributed by atoms with Crippen LogP contribution in [0.4, 0.5) is 22.7 Å². The molecule has 0 unspecified atom stereocenters. The van der Waals surface area contributed by atoms with Gasteiger partial charge < -0.3 is 9.30 Å². The number of ether oxygens (including phenoxy) is 1. The van der Waals surface area contributed by atoms with Gasteiger partial charge in [-0.2, -0.15) is 12.1 Å². The van der Waals surface area contributed by atoms with Crippen LogP contribution >= 0.6 is 0 Å². The zero-order chi connectivity index (χ0) is 43.6. The van der Waals surface area contributed by atoms with Gasteiger partial charge in [0.2, 0.25) is 5.69 Å². The van der Waals surface area contributed by atoms with Crippen LogP contribution in [0.3, 0.4) is 0 Å². The molecule has 4 saturated carbocycles. The third kappa shape index (κ3) is 7.32. The molecule has 5 nitrogen and oxygen atoms in total. The third-order valence-corrected chi connectivity index (χ3v) is 14.8. The summed E-state index contributed by atoms with van der Waals surface area (Å²) in [6.45, 7) is 20.7. The molecule has 1 aliphatic heterocycles. The van der Waals surface area contributed by atoms with E-state index in [0.29, 0.717) is 11.5 Å². The molecule has 5 aromatic carbocycles. The van der Waals surface area contributed by atoms with Gasteiger partial charge in [0, 0.05) is 52.4 Å². The summed E-state index contributed by atoms with van der Waals surface area (Å²) in [4.78, 5) is 4.88. The molecule has 7 aromatic rings. The minimum atomic E-state index is -0.0154. The van der Waals surface area contributed by atoms with Gasteiger partial charge in [-0.25, -0.2) is 4.98 Å². The first-order valence-corrected chi connectivity index (χ1v) is 23.3. The zero-order valence-electron chi connectivity index (χ0n) is 38.9. The molecule has 0 amide bonds. The number of nitrogens with zero attached hydrogens (tertiary/aromatic N) is 4. The van der Waals surface area contributed by atoms with Crippen molar-refractivity contribution >= 4 is 50.6 Å². The Balaban J connectivity index is 0.00000484. The van der Waals surface area contributed by atoms with Gasteiger partial charge in [-0.3, -0.25) is 0 Å². The van der Waals surface area contributed by atoms with Gasteiger partial charge in [0.05, 0.1) is 0 Å². The summed E-state index contributed by atoms with van der Waals surface area (Å²) in [5.41, 5.74) is 12.1. The molecule has 2 aromatic heterocycles. The molecule has 0 spiro atoms. The van der Waals surface area contributed by atoms with E-state index in [1.165, 1.54) is 72.2 Å². The Kier molecular flexibility index (Phi) is 10.2. The van der Waals surface area contributed by atoms with Crippen molar-refractivity contribution in [3.05, 3.63) is 144 Å². The minimum Gasteiger partial charge on any atom is -0.509 e. The van der Waals surface area contributed by atoms with Gasteiger partial charge in [0.1, 0.15) is 11.5 Å². The summed E-state index contributed by atoms with van der Waals surface area (Å²) >= 11 is 0. The molecule has 4 fully saturated rings. The molecule has 0 saturated heterocycles. The molecule has 3 heterocycles. The number of hydrogen-bond acceptors (Lipinski definition) is 2. The van der Waals surface area contributed by atoms with Crippen LogP contribution in [-0.2, 0) is 42.7 Å². The van der Waals surface area contributed by atoms with E-state index < -0.39 is 0 Å². The number of rotatable bonds is 6. The Morgan fingerprint density at radius 2 is 1.28 bits per heavy atom. The average Bonchev–Trinajstić information content (AvgIpc) is 3.79. The first-order chi connectivity index (χ1) is 30.0. The molecule has 0 N–H and O–H groups in total. The van der Waals surface area contributed by atoms with Gasteiger partial charge in [-0.15, -0.1) is 23.6 Å². The smallest absolute Gasteiger partial charge is 0.509 e. The maximum atomic E-state index is 6.73. The SMILES string of the molecule is CC(C)(C)c1cc([N+]2=C=[N+](c3[c-]c(Oc4[c-]c5c(cc4)c4ccccc4n5-c4cc(C(C)(C)C)ccn4)ccc3)c3cccc(C45CC6CC(CC(C6)C4)C5)c32)cc(C(C)(C)C)c1.[Pt+2]. The minimum absolute atomic E-state index is 0. The molecule has 12 rings (SSSR count). The number of aromatic nitrogens is 2. The first kappa shape index (κ1) is 42.8. The Bertz CT molecular complexity index is 3000. The predicted molar refractivity (Wildman–Crippen MR) is 260 cm³/mol. The number of fused-ring (bicyclic) bond motifs is 4. The van der Waals surface area contributed by atoms with E-state index in [1.807, 2.05) is 18.3 Å². The van der Waals surface area contributed by atoms with Crippen molar-refractivity contribution in [1.82, 2.24) is 18.7 Å². The van der Waals surface area contributed by atoms with Crippen LogP contribution in [0.25, 0.3) is 27.6 Å². The second kappa shape index (κ2) is 15.3. The molecule has 4 aliphatic carbocycles. The summed E-state index contributed by atoms with van der Waals surface area (Å²) in [5.74, 6) is 4.64. The Morgan fingerprint density at radius 1 is 0.641 bits per heavy atom. The summed E-state index contributed by atoms with van der Waals surface area (Å²) in [5, 5.41) is 2.27. The molecular formula is C58H60N4OPt+2. The van der Waals surface area contributed by atoms with E-state index in [4.69, 9.17) is 9.72 Å². The van der Waals surface area contributed by atoms with Crippen LogP contribution in [0, 0.1) is 29.9 Å².